The van der Waals surface area contributed by atoms with Crippen molar-refractivity contribution in [2.75, 3.05) is 0 Å². The number of hydrogen-bond acceptors (Lipinski definition) is 2. The van der Waals surface area contributed by atoms with Crippen molar-refractivity contribution in [2.24, 2.45) is 28.6 Å². The summed E-state index contributed by atoms with van der Waals surface area (Å²) in [5.41, 5.74) is 4.43. The van der Waals surface area contributed by atoms with E-state index < -0.39 is 0 Å². The zero-order valence-corrected chi connectivity index (χ0v) is 16.0. The molecule has 1 N–H and O–H groups in total. The zero-order chi connectivity index (χ0) is 18.8. The first kappa shape index (κ1) is 15.6. The Kier molecular flexibility index (Phi) is 3.48. The molecule has 0 amide bonds. The van der Waals surface area contributed by atoms with Crippen molar-refractivity contribution in [1.82, 2.24) is 4.98 Å². The van der Waals surface area contributed by atoms with Crippen LogP contribution in [0, 0.1) is 28.6 Å². The Labute approximate surface area is 158 Å². The van der Waals surface area contributed by atoms with Gasteiger partial charge >= 0.3 is 0 Å². The first-order valence-electron chi connectivity index (χ1n) is 10.9. The van der Waals surface area contributed by atoms with Crippen molar-refractivity contribution in [3.05, 3.63) is 47.8 Å². The predicted molar refractivity (Wildman–Crippen MR) is 105 cm³/mol. The molecule has 0 aromatic carbocycles. The maximum absolute atomic E-state index is 10.2. The van der Waals surface area contributed by atoms with E-state index in [1.165, 1.54) is 30.4 Å². The molecule has 4 aliphatic carbocycles. The molecule has 0 spiro atoms. The van der Waals surface area contributed by atoms with E-state index in [0.29, 0.717) is 17.5 Å². The van der Waals surface area contributed by atoms with Crippen LogP contribution in [0.25, 0.3) is 5.57 Å². The number of fused-ring (bicyclic) bond motifs is 5. The second kappa shape index (κ2) is 5.79. The molecule has 2 fully saturated rings. The Morgan fingerprint density at radius 3 is 2.81 bits per heavy atom. The van der Waals surface area contributed by atoms with Crippen LogP contribution in [0.3, 0.4) is 0 Å². The molecule has 1 aromatic rings. The summed E-state index contributed by atoms with van der Waals surface area (Å²) < 4.78 is 8.30. The lowest BCUT2D eigenvalue weighted by atomic mass is 9.47. The van der Waals surface area contributed by atoms with Gasteiger partial charge in [0.15, 0.2) is 0 Å². The van der Waals surface area contributed by atoms with Gasteiger partial charge in [-0.15, -0.1) is 0 Å². The van der Waals surface area contributed by atoms with Crippen LogP contribution >= 0.6 is 0 Å². The average Bonchev–Trinajstić information content (AvgIpc) is 3.00. The van der Waals surface area contributed by atoms with Gasteiger partial charge in [0.05, 0.1) is 7.47 Å². The summed E-state index contributed by atoms with van der Waals surface area (Å²) in [4.78, 5) is 4.24. The molecule has 2 saturated carbocycles. The molecular formula is C24H31NO. The lowest BCUT2D eigenvalue weighted by Gasteiger charge is -2.57. The van der Waals surface area contributed by atoms with E-state index in [1.54, 1.807) is 6.20 Å². The summed E-state index contributed by atoms with van der Waals surface area (Å²) in [7, 11) is 0. The van der Waals surface area contributed by atoms with Crippen molar-refractivity contribution in [3.63, 3.8) is 0 Å². The van der Waals surface area contributed by atoms with Crippen LogP contribution in [0.5, 0.6) is 0 Å². The molecule has 3 unspecified atom stereocenters. The molecule has 26 heavy (non-hydrogen) atoms. The van der Waals surface area contributed by atoms with E-state index >= 15 is 0 Å². The minimum atomic E-state index is -0.129. The topological polar surface area (TPSA) is 33.1 Å². The number of aliphatic hydroxyl groups is 1. The molecular weight excluding hydrogens is 318 g/mol. The third-order valence-electron chi connectivity index (χ3n) is 8.56. The van der Waals surface area contributed by atoms with Crippen molar-refractivity contribution >= 4 is 5.57 Å². The predicted octanol–water partition coefficient (Wildman–Crippen LogP) is 5.40. The van der Waals surface area contributed by atoms with E-state index in [-0.39, 0.29) is 11.5 Å². The van der Waals surface area contributed by atoms with Gasteiger partial charge in [0.1, 0.15) is 0 Å². The Morgan fingerprint density at radius 1 is 1.12 bits per heavy atom. The van der Waals surface area contributed by atoms with Gasteiger partial charge in [-0.2, -0.15) is 0 Å². The summed E-state index contributed by atoms with van der Waals surface area (Å²) in [5.74, 6) is 2.15. The summed E-state index contributed by atoms with van der Waals surface area (Å²) in [6, 6.07) is 4.06. The first-order chi connectivity index (χ1) is 12.9. The van der Waals surface area contributed by atoms with Crippen molar-refractivity contribution in [2.45, 2.75) is 64.9 Å². The third-order valence-corrected chi connectivity index (χ3v) is 8.56. The van der Waals surface area contributed by atoms with Crippen molar-refractivity contribution in [1.29, 1.82) is 0 Å². The Hall–Kier alpha value is -1.41. The summed E-state index contributed by atoms with van der Waals surface area (Å²) in [5, 5.41) is 10.2. The second-order valence-corrected chi connectivity index (χ2v) is 9.63. The number of rotatable bonds is 1. The number of nitrogens with zero attached hydrogens (tertiary/aromatic N) is 1. The van der Waals surface area contributed by atoms with Gasteiger partial charge < -0.3 is 5.11 Å². The van der Waals surface area contributed by atoms with Gasteiger partial charge in [0.25, 0.3) is 0 Å². The van der Waals surface area contributed by atoms with Gasteiger partial charge in [-0.05, 0) is 90.7 Å². The summed E-state index contributed by atoms with van der Waals surface area (Å²) in [6.45, 7) is 4.93. The molecule has 4 aliphatic rings. The number of aliphatic hydroxyl groups excluding tert-OH is 1. The molecule has 5 rings (SSSR count). The number of pyridine rings is 1. The fourth-order valence-corrected chi connectivity index (χ4v) is 7.10. The minimum absolute atomic E-state index is 0.129. The quantitative estimate of drug-likeness (QED) is 0.688. The van der Waals surface area contributed by atoms with Crippen LogP contribution in [0.15, 0.2) is 42.2 Å². The van der Waals surface area contributed by atoms with E-state index in [9.17, 15) is 5.11 Å². The molecule has 6 atom stereocenters. The second-order valence-electron chi connectivity index (χ2n) is 9.63. The highest BCUT2D eigenvalue weighted by molar-refractivity contribution is 5.72. The third kappa shape index (κ3) is 2.24. The van der Waals surface area contributed by atoms with Crippen LogP contribution in [0.2, 0.25) is 0 Å². The van der Waals surface area contributed by atoms with E-state index in [0.717, 1.165) is 43.1 Å². The van der Waals surface area contributed by atoms with E-state index in [1.807, 2.05) is 6.07 Å². The normalized spacial score (nSPS) is 45.0. The fraction of sp³-hybridized carbons (Fsp3) is 0.625. The smallest absolute Gasteiger partial charge is 0.0846 e. The van der Waals surface area contributed by atoms with E-state index in [4.69, 9.17) is 1.37 Å². The summed E-state index contributed by atoms with van der Waals surface area (Å²) >= 11 is 0. The standard InChI is InChI=1S/C24H31NO/c1-23-11-9-18(26)14-17(23)5-6-19-21-8-7-20(16-4-3-13-25-15-16)24(21,2)12-10-22(19)23/h3-5,7,13,15,18-19,21-22,26H,6,8-12,14H2,1-2H3/t18-,19?,21?,22?,23-,24+/m0/s1/i15D. The molecule has 1 aromatic heterocycles. The molecule has 138 valence electrons. The highest BCUT2D eigenvalue weighted by atomic mass is 16.3. The Morgan fingerprint density at radius 2 is 1.96 bits per heavy atom. The van der Waals surface area contributed by atoms with Crippen molar-refractivity contribution in [3.8, 4) is 0 Å². The van der Waals surface area contributed by atoms with Gasteiger partial charge in [-0.25, -0.2) is 0 Å². The molecule has 0 bridgehead atoms. The van der Waals surface area contributed by atoms with Crippen LogP contribution < -0.4 is 0 Å². The number of allylic oxidation sites excluding steroid dienone is 3. The molecule has 0 aliphatic heterocycles. The minimum Gasteiger partial charge on any atom is -0.393 e. The summed E-state index contributed by atoms with van der Waals surface area (Å²) in [6.07, 6.45) is 14.7. The molecule has 2 nitrogen and oxygen atoms in total. The average molecular weight is 351 g/mol. The van der Waals surface area contributed by atoms with Gasteiger partial charge in [0, 0.05) is 12.4 Å². The van der Waals surface area contributed by atoms with Gasteiger partial charge in [0.2, 0.25) is 0 Å². The largest absolute Gasteiger partial charge is 0.393 e. The molecule has 0 saturated heterocycles. The highest BCUT2D eigenvalue weighted by Crippen LogP contribution is 2.66. The maximum atomic E-state index is 10.2. The SMILES string of the molecule is [2H]c1ncccc1C1=CCC2C3CC=C4C[C@@H](O)CC[C@]4(C)C3CC[C@]12C. The van der Waals surface area contributed by atoms with Gasteiger partial charge in [-0.1, -0.05) is 37.6 Å². The van der Waals surface area contributed by atoms with Crippen LogP contribution in [-0.4, -0.2) is 16.2 Å². The fourth-order valence-electron chi connectivity index (χ4n) is 7.10. The molecule has 0 radical (unpaired) electrons. The Balaban J connectivity index is 1.49. The van der Waals surface area contributed by atoms with Gasteiger partial charge in [-0.3, -0.25) is 4.98 Å². The molecule has 2 heteroatoms. The van der Waals surface area contributed by atoms with Crippen LogP contribution in [-0.2, 0) is 0 Å². The number of hydrogen-bond donors (Lipinski definition) is 1. The maximum Gasteiger partial charge on any atom is 0.0846 e. The Bertz CT molecular complexity index is 829. The first-order valence-corrected chi connectivity index (χ1v) is 10.4. The lowest BCUT2D eigenvalue weighted by Crippen LogP contribution is -2.49. The van der Waals surface area contributed by atoms with Crippen LogP contribution in [0.1, 0.15) is 65.7 Å². The molecule has 1 heterocycles. The van der Waals surface area contributed by atoms with E-state index in [2.05, 4.69) is 37.0 Å². The lowest BCUT2D eigenvalue weighted by molar-refractivity contribution is -0.0238. The monoisotopic (exact) mass is 350 g/mol. The van der Waals surface area contributed by atoms with Crippen molar-refractivity contribution < 1.29 is 6.48 Å². The highest BCUT2D eigenvalue weighted by Gasteiger charge is 2.56. The zero-order valence-electron chi connectivity index (χ0n) is 17.0. The number of aromatic nitrogens is 1. The van der Waals surface area contributed by atoms with Crippen LogP contribution in [0.4, 0.5) is 0 Å².